The van der Waals surface area contributed by atoms with Crippen molar-refractivity contribution >= 4 is 6.98 Å². The van der Waals surface area contributed by atoms with E-state index >= 15 is 0 Å². The smallest absolute Gasteiger partial charge is 0.445 e. The van der Waals surface area contributed by atoms with Crippen molar-refractivity contribution < 1.29 is 64.3 Å². The van der Waals surface area contributed by atoms with E-state index in [2.05, 4.69) is 11.6 Å². The van der Waals surface area contributed by atoms with Gasteiger partial charge in [0.15, 0.2) is 0 Å². The first-order valence-electron chi connectivity index (χ1n) is 5.84. The van der Waals surface area contributed by atoms with Gasteiger partial charge < -0.3 is 12.9 Å². The van der Waals surface area contributed by atoms with Gasteiger partial charge in [0, 0.05) is 12.1 Å². The molecule has 0 bridgehead atoms. The first kappa shape index (κ1) is 17.2. The van der Waals surface area contributed by atoms with Gasteiger partial charge in [-0.2, -0.15) is 0 Å². The summed E-state index contributed by atoms with van der Waals surface area (Å²) in [6.45, 7) is -2.65. The van der Waals surface area contributed by atoms with E-state index in [4.69, 9.17) is 0 Å². The molecule has 0 amide bonds. The van der Waals surface area contributed by atoms with Gasteiger partial charge in [-0.3, -0.25) is 9.36 Å². The summed E-state index contributed by atoms with van der Waals surface area (Å²) in [4.78, 5) is 16.1. The molecule has 1 aliphatic carbocycles. The van der Waals surface area contributed by atoms with E-state index in [1.165, 1.54) is 6.33 Å². The Kier molecular flexibility index (Phi) is 6.06. The first-order chi connectivity index (χ1) is 8.39. The third-order valence-corrected chi connectivity index (χ3v) is 3.15. The third kappa shape index (κ3) is 4.04. The topological polar surface area (TPSA) is 34.9 Å². The fourth-order valence-electron chi connectivity index (χ4n) is 2.06. The third-order valence-electron chi connectivity index (χ3n) is 3.15. The number of hydrogen-bond donors (Lipinski definition) is 0. The van der Waals surface area contributed by atoms with Crippen molar-refractivity contribution in [2.45, 2.75) is 32.2 Å². The predicted octanol–water partition coefficient (Wildman–Crippen LogP) is -0.931. The molecule has 8 heteroatoms. The molecule has 0 atom stereocenters. The quantitative estimate of drug-likeness (QED) is 0.676. The summed E-state index contributed by atoms with van der Waals surface area (Å²) in [5.74, 6) is 0. The van der Waals surface area contributed by atoms with E-state index in [1.54, 1.807) is 0 Å². The molecule has 2 rings (SSSR count). The zero-order valence-electron chi connectivity index (χ0n) is 10.8. The molecule has 0 saturated carbocycles. The molecule has 0 saturated heterocycles. The SMILES string of the molecule is C=C(Cn1cnc2c(c1=O)CCCC2)[B-](F)(F)F.[K+]. The fraction of sp³-hybridized carbons (Fsp3) is 0.455. The van der Waals surface area contributed by atoms with Crippen LogP contribution in [-0.4, -0.2) is 16.5 Å². The standard InChI is InChI=1S/C11H13BF3N2O.K/c1-8(12(13,14)15)6-17-7-16-10-5-3-2-4-9(10)11(17)18;/h7H,1-6H2;/q-1;+1. The average molecular weight is 296 g/mol. The van der Waals surface area contributed by atoms with Gasteiger partial charge in [-0.1, -0.05) is 0 Å². The van der Waals surface area contributed by atoms with Gasteiger partial charge in [-0.05, 0) is 25.7 Å². The molecule has 0 aliphatic heterocycles. The van der Waals surface area contributed by atoms with Crippen molar-refractivity contribution in [3.05, 3.63) is 40.0 Å². The summed E-state index contributed by atoms with van der Waals surface area (Å²) in [6, 6.07) is 0. The molecular weight excluding hydrogens is 283 g/mol. The zero-order valence-corrected chi connectivity index (χ0v) is 14.0. The molecule has 0 fully saturated rings. The van der Waals surface area contributed by atoms with Crippen LogP contribution < -0.4 is 56.9 Å². The van der Waals surface area contributed by atoms with Gasteiger partial charge in [0.1, 0.15) is 0 Å². The van der Waals surface area contributed by atoms with Gasteiger partial charge in [0.2, 0.25) is 0 Å². The van der Waals surface area contributed by atoms with E-state index in [0.717, 1.165) is 29.5 Å². The maximum absolute atomic E-state index is 12.4. The molecule has 0 spiro atoms. The summed E-state index contributed by atoms with van der Waals surface area (Å²) < 4.78 is 38.3. The number of rotatable bonds is 3. The second-order valence-electron chi connectivity index (χ2n) is 4.54. The van der Waals surface area contributed by atoms with Crippen LogP contribution in [0.1, 0.15) is 24.1 Å². The van der Waals surface area contributed by atoms with E-state index in [0.29, 0.717) is 12.0 Å². The predicted molar refractivity (Wildman–Crippen MR) is 63.4 cm³/mol. The second kappa shape index (κ2) is 6.71. The Morgan fingerprint density at radius 3 is 2.63 bits per heavy atom. The molecule has 1 heterocycles. The van der Waals surface area contributed by atoms with Gasteiger partial charge in [0.25, 0.3) is 5.56 Å². The van der Waals surface area contributed by atoms with Gasteiger partial charge in [0.05, 0.1) is 12.0 Å². The molecule has 1 aromatic heterocycles. The summed E-state index contributed by atoms with van der Waals surface area (Å²) in [6.07, 6.45) is 4.39. The van der Waals surface area contributed by atoms with Crippen LogP contribution in [0.2, 0.25) is 0 Å². The number of hydrogen-bond acceptors (Lipinski definition) is 2. The Morgan fingerprint density at radius 1 is 1.37 bits per heavy atom. The zero-order chi connectivity index (χ0) is 13.3. The van der Waals surface area contributed by atoms with Crippen LogP contribution in [0.15, 0.2) is 23.2 Å². The largest absolute Gasteiger partial charge is 1.00 e. The Labute approximate surface area is 151 Å². The molecule has 0 aromatic carbocycles. The van der Waals surface area contributed by atoms with Gasteiger partial charge in [-0.15, -0.1) is 12.1 Å². The maximum atomic E-state index is 12.4. The molecule has 0 radical (unpaired) electrons. The summed E-state index contributed by atoms with van der Waals surface area (Å²) in [5.41, 5.74) is 0.0485. The molecule has 1 aliphatic rings. The molecular formula is C11H13BF3KN2O. The molecule has 19 heavy (non-hydrogen) atoms. The van der Waals surface area contributed by atoms with Crippen molar-refractivity contribution in [3.8, 4) is 0 Å². The minimum Gasteiger partial charge on any atom is -0.445 e. The average Bonchev–Trinajstić information content (AvgIpc) is 2.32. The second-order valence-corrected chi connectivity index (χ2v) is 4.54. The summed E-state index contributed by atoms with van der Waals surface area (Å²) >= 11 is 0. The first-order valence-corrected chi connectivity index (χ1v) is 5.84. The Morgan fingerprint density at radius 2 is 2.00 bits per heavy atom. The fourth-order valence-corrected chi connectivity index (χ4v) is 2.06. The van der Waals surface area contributed by atoms with Crippen LogP contribution in [0.4, 0.5) is 12.9 Å². The Balaban J connectivity index is 0.00000180. The van der Waals surface area contributed by atoms with Crippen LogP contribution >= 0.6 is 0 Å². The number of aromatic nitrogens is 2. The van der Waals surface area contributed by atoms with E-state index < -0.39 is 19.0 Å². The van der Waals surface area contributed by atoms with Gasteiger partial charge in [-0.25, -0.2) is 4.98 Å². The molecule has 0 N–H and O–H groups in total. The normalized spacial score (nSPS) is 14.5. The number of fused-ring (bicyclic) bond motifs is 1. The van der Waals surface area contributed by atoms with Crippen LogP contribution in [0.5, 0.6) is 0 Å². The molecule has 1 aromatic rings. The Hall–Kier alpha value is 0.111. The number of nitrogens with zero attached hydrogens (tertiary/aromatic N) is 2. The van der Waals surface area contributed by atoms with Crippen molar-refractivity contribution in [1.29, 1.82) is 0 Å². The number of aryl methyl sites for hydroxylation is 1. The minimum absolute atomic E-state index is 0. The number of halogens is 3. The van der Waals surface area contributed by atoms with Crippen LogP contribution in [-0.2, 0) is 19.4 Å². The van der Waals surface area contributed by atoms with Crippen molar-refractivity contribution in [2.75, 3.05) is 0 Å². The Bertz CT molecular complexity index is 542. The van der Waals surface area contributed by atoms with Crippen LogP contribution in [0.25, 0.3) is 0 Å². The van der Waals surface area contributed by atoms with E-state index in [1.807, 2.05) is 0 Å². The van der Waals surface area contributed by atoms with Crippen molar-refractivity contribution in [3.63, 3.8) is 0 Å². The summed E-state index contributed by atoms with van der Waals surface area (Å²) in [7, 11) is 0. The minimum atomic E-state index is -5.11. The molecule has 3 nitrogen and oxygen atoms in total. The van der Waals surface area contributed by atoms with E-state index in [9.17, 15) is 17.7 Å². The monoisotopic (exact) mass is 296 g/mol. The number of allylic oxidation sites excluding steroid dienone is 1. The van der Waals surface area contributed by atoms with Crippen molar-refractivity contribution in [2.24, 2.45) is 0 Å². The maximum Gasteiger partial charge on any atom is 1.00 e. The van der Waals surface area contributed by atoms with E-state index in [-0.39, 0.29) is 56.9 Å². The van der Waals surface area contributed by atoms with Crippen molar-refractivity contribution in [1.82, 2.24) is 9.55 Å². The molecule has 0 unspecified atom stereocenters. The van der Waals surface area contributed by atoms with Crippen LogP contribution in [0, 0.1) is 0 Å². The summed E-state index contributed by atoms with van der Waals surface area (Å²) in [5, 5.41) is 0. The molecule has 98 valence electrons. The van der Waals surface area contributed by atoms with Crippen LogP contribution in [0.3, 0.4) is 0 Å². The van der Waals surface area contributed by atoms with Gasteiger partial charge >= 0.3 is 58.4 Å².